The number of aliphatic carboxylic acids is 1. The van der Waals surface area contributed by atoms with Crippen LogP contribution in [0, 0.1) is 0 Å². The van der Waals surface area contributed by atoms with Crippen LogP contribution in [0.25, 0.3) is 0 Å². The van der Waals surface area contributed by atoms with Gasteiger partial charge in [0, 0.05) is 13.1 Å². The van der Waals surface area contributed by atoms with E-state index < -0.39 is 24.6 Å². The Hall–Kier alpha value is -1.56. The average molecular weight is 287 g/mol. The Labute approximate surface area is 115 Å². The monoisotopic (exact) mass is 287 g/mol. The third-order valence-electron chi connectivity index (χ3n) is 3.64. The molecule has 1 aliphatic heterocycles. The lowest BCUT2D eigenvalue weighted by Gasteiger charge is -2.31. The van der Waals surface area contributed by atoms with Crippen LogP contribution in [0.3, 0.4) is 0 Å². The Morgan fingerprint density at radius 3 is 2.10 bits per heavy atom. The number of carboxylic acid groups (broad SMARTS) is 1. The maximum Gasteiger partial charge on any atom is 0.404 e. The van der Waals surface area contributed by atoms with Gasteiger partial charge in [0.1, 0.15) is 6.04 Å². The second-order valence-electron chi connectivity index (χ2n) is 4.96. The lowest BCUT2D eigenvalue weighted by molar-refractivity contribution is -0.190. The molecule has 0 fully saturated rings. The highest BCUT2D eigenvalue weighted by molar-refractivity contribution is 5.67. The first-order chi connectivity index (χ1) is 9.38. The van der Waals surface area contributed by atoms with Crippen LogP contribution in [-0.4, -0.2) is 41.3 Å². The van der Waals surface area contributed by atoms with Crippen LogP contribution in [0.1, 0.15) is 17.5 Å². The molecule has 2 rings (SSSR count). The van der Waals surface area contributed by atoms with Gasteiger partial charge in [-0.15, -0.1) is 0 Å². The molecule has 0 aliphatic carbocycles. The topological polar surface area (TPSA) is 40.5 Å². The molecule has 6 heteroatoms. The molecule has 1 aromatic rings. The number of nitrogens with zero attached hydrogens (tertiary/aromatic N) is 1. The number of fused-ring (bicyclic) bond motifs is 1. The van der Waals surface area contributed by atoms with Crippen molar-refractivity contribution in [3.63, 3.8) is 0 Å². The summed E-state index contributed by atoms with van der Waals surface area (Å²) in [5.41, 5.74) is 2.09. The number of benzene rings is 1. The second kappa shape index (κ2) is 5.83. The number of hydrogen-bond donors (Lipinski definition) is 1. The molecule has 1 N–H and O–H groups in total. The molecule has 0 spiro atoms. The summed E-state index contributed by atoms with van der Waals surface area (Å²) >= 11 is 0. The summed E-state index contributed by atoms with van der Waals surface area (Å²) in [5, 5.41) is 8.70. The molecule has 1 heterocycles. The lowest BCUT2D eigenvalue weighted by atomic mass is 10.0. The van der Waals surface area contributed by atoms with E-state index in [-0.39, 0.29) is 13.1 Å². The summed E-state index contributed by atoms with van der Waals surface area (Å²) in [6.45, 7) is 0.461. The predicted molar refractivity (Wildman–Crippen MR) is 67.5 cm³/mol. The van der Waals surface area contributed by atoms with E-state index in [4.69, 9.17) is 5.11 Å². The average Bonchev–Trinajstić information content (AvgIpc) is 2.57. The zero-order valence-electron chi connectivity index (χ0n) is 10.9. The molecule has 110 valence electrons. The van der Waals surface area contributed by atoms with E-state index in [9.17, 15) is 18.0 Å². The summed E-state index contributed by atoms with van der Waals surface area (Å²) in [6, 6.07) is 5.66. The van der Waals surface area contributed by atoms with Crippen LogP contribution in [0.2, 0.25) is 0 Å². The van der Waals surface area contributed by atoms with E-state index in [0.29, 0.717) is 12.8 Å². The standard InChI is InChI=1S/C14H16F3NO2/c15-14(16,17)12(9-13(19)20)18-7-5-10-3-1-2-4-11(10)6-8-18/h1-4,12H,5-9H2,(H,19,20). The van der Waals surface area contributed by atoms with Crippen LogP contribution in [0.5, 0.6) is 0 Å². The lowest BCUT2D eigenvalue weighted by Crippen LogP contribution is -2.48. The fourth-order valence-corrected chi connectivity index (χ4v) is 2.61. The summed E-state index contributed by atoms with van der Waals surface area (Å²) in [5.74, 6) is -1.42. The maximum atomic E-state index is 13.0. The van der Waals surface area contributed by atoms with Crippen molar-refractivity contribution in [1.82, 2.24) is 4.90 Å². The molecule has 0 radical (unpaired) electrons. The second-order valence-corrected chi connectivity index (χ2v) is 4.96. The van der Waals surface area contributed by atoms with Gasteiger partial charge in [-0.25, -0.2) is 0 Å². The summed E-state index contributed by atoms with van der Waals surface area (Å²) < 4.78 is 39.1. The van der Waals surface area contributed by atoms with Crippen LogP contribution >= 0.6 is 0 Å². The highest BCUT2D eigenvalue weighted by Crippen LogP contribution is 2.29. The minimum atomic E-state index is -4.52. The fourth-order valence-electron chi connectivity index (χ4n) is 2.61. The Morgan fingerprint density at radius 2 is 1.70 bits per heavy atom. The Morgan fingerprint density at radius 1 is 1.20 bits per heavy atom. The first-order valence-corrected chi connectivity index (χ1v) is 6.47. The number of carbonyl (C=O) groups is 1. The van der Waals surface area contributed by atoms with E-state index in [1.807, 2.05) is 24.3 Å². The molecule has 0 amide bonds. The summed E-state index contributed by atoms with van der Waals surface area (Å²) in [6.07, 6.45) is -4.39. The van der Waals surface area contributed by atoms with Crippen molar-refractivity contribution in [1.29, 1.82) is 0 Å². The smallest absolute Gasteiger partial charge is 0.404 e. The highest BCUT2D eigenvalue weighted by atomic mass is 19.4. The molecule has 1 atom stereocenters. The number of halogens is 3. The SMILES string of the molecule is O=C(O)CC(N1CCc2ccccc2CC1)C(F)(F)F. The number of carboxylic acids is 1. The van der Waals surface area contributed by atoms with Gasteiger partial charge in [0.15, 0.2) is 0 Å². The fraction of sp³-hybridized carbons (Fsp3) is 0.500. The molecule has 0 saturated carbocycles. The normalized spacial score (nSPS) is 18.1. The van der Waals surface area contributed by atoms with Crippen LogP contribution in [-0.2, 0) is 17.6 Å². The van der Waals surface area contributed by atoms with Gasteiger partial charge in [0.25, 0.3) is 0 Å². The van der Waals surface area contributed by atoms with E-state index in [1.54, 1.807) is 0 Å². The summed E-state index contributed by atoms with van der Waals surface area (Å²) in [4.78, 5) is 11.9. The molecular weight excluding hydrogens is 271 g/mol. The minimum absolute atomic E-state index is 0.231. The van der Waals surface area contributed by atoms with Gasteiger partial charge in [0.05, 0.1) is 6.42 Å². The quantitative estimate of drug-likeness (QED) is 0.928. The predicted octanol–water partition coefficient (Wildman–Crippen LogP) is 2.49. The molecule has 0 bridgehead atoms. The third kappa shape index (κ3) is 3.50. The molecular formula is C14H16F3NO2. The molecule has 1 unspecified atom stereocenters. The van der Waals surface area contributed by atoms with Gasteiger partial charge >= 0.3 is 12.1 Å². The molecule has 0 aromatic heterocycles. The van der Waals surface area contributed by atoms with Crippen molar-refractivity contribution in [2.24, 2.45) is 0 Å². The number of alkyl halides is 3. The summed E-state index contributed by atoms with van der Waals surface area (Å²) in [7, 11) is 0. The van der Waals surface area contributed by atoms with E-state index in [0.717, 1.165) is 11.1 Å². The minimum Gasteiger partial charge on any atom is -0.481 e. The van der Waals surface area contributed by atoms with E-state index in [1.165, 1.54) is 4.90 Å². The third-order valence-corrected chi connectivity index (χ3v) is 3.64. The van der Waals surface area contributed by atoms with E-state index >= 15 is 0 Å². The molecule has 1 aliphatic rings. The van der Waals surface area contributed by atoms with Gasteiger partial charge in [-0.05, 0) is 24.0 Å². The first kappa shape index (κ1) is 14.8. The molecule has 0 saturated heterocycles. The first-order valence-electron chi connectivity index (χ1n) is 6.47. The molecule has 1 aromatic carbocycles. The Bertz CT molecular complexity index is 461. The van der Waals surface area contributed by atoms with Crippen molar-refractivity contribution in [3.05, 3.63) is 35.4 Å². The highest BCUT2D eigenvalue weighted by Gasteiger charge is 2.44. The molecule has 20 heavy (non-hydrogen) atoms. The van der Waals surface area contributed by atoms with E-state index in [2.05, 4.69) is 0 Å². The van der Waals surface area contributed by atoms with Crippen molar-refractivity contribution < 1.29 is 23.1 Å². The maximum absolute atomic E-state index is 13.0. The number of rotatable bonds is 3. The zero-order chi connectivity index (χ0) is 14.8. The van der Waals surface area contributed by atoms with Gasteiger partial charge in [-0.2, -0.15) is 13.2 Å². The Kier molecular flexibility index (Phi) is 4.32. The number of hydrogen-bond acceptors (Lipinski definition) is 2. The van der Waals surface area contributed by atoms with Crippen molar-refractivity contribution in [2.75, 3.05) is 13.1 Å². The van der Waals surface area contributed by atoms with Crippen LogP contribution in [0.15, 0.2) is 24.3 Å². The van der Waals surface area contributed by atoms with Crippen molar-refractivity contribution >= 4 is 5.97 Å². The van der Waals surface area contributed by atoms with Crippen molar-refractivity contribution in [3.8, 4) is 0 Å². The Balaban J connectivity index is 2.15. The largest absolute Gasteiger partial charge is 0.481 e. The van der Waals surface area contributed by atoms with Gasteiger partial charge < -0.3 is 5.11 Å². The van der Waals surface area contributed by atoms with Gasteiger partial charge in [0.2, 0.25) is 0 Å². The molecule has 3 nitrogen and oxygen atoms in total. The van der Waals surface area contributed by atoms with Gasteiger partial charge in [-0.1, -0.05) is 24.3 Å². The zero-order valence-corrected chi connectivity index (χ0v) is 10.9. The van der Waals surface area contributed by atoms with Crippen LogP contribution < -0.4 is 0 Å². The van der Waals surface area contributed by atoms with Crippen molar-refractivity contribution in [2.45, 2.75) is 31.5 Å². The van der Waals surface area contributed by atoms with Crippen LogP contribution in [0.4, 0.5) is 13.2 Å². The van der Waals surface area contributed by atoms with Gasteiger partial charge in [-0.3, -0.25) is 9.69 Å².